The summed E-state index contributed by atoms with van der Waals surface area (Å²) in [5, 5.41) is 15.4. The van der Waals surface area contributed by atoms with Gasteiger partial charge in [-0.15, -0.1) is 0 Å². The second kappa shape index (κ2) is 7.73. The van der Waals surface area contributed by atoms with Crippen molar-refractivity contribution in [2.45, 2.75) is 39.5 Å². The van der Waals surface area contributed by atoms with Crippen molar-refractivity contribution in [2.75, 3.05) is 18.4 Å². The van der Waals surface area contributed by atoms with Crippen LogP contribution in [0.25, 0.3) is 10.8 Å². The van der Waals surface area contributed by atoms with E-state index in [1.54, 1.807) is 12.1 Å². The number of nitro benzene ring substituents is 1. The molecular weight excluding hydrogens is 346 g/mol. The molecule has 0 spiro atoms. The van der Waals surface area contributed by atoms with Crippen molar-refractivity contribution in [3.63, 3.8) is 0 Å². The Morgan fingerprint density at radius 1 is 1.04 bits per heavy atom. The summed E-state index contributed by atoms with van der Waals surface area (Å²) in [6, 6.07) is 6.14. The molecule has 0 saturated carbocycles. The summed E-state index contributed by atoms with van der Waals surface area (Å²) < 4.78 is 0. The minimum Gasteiger partial charge on any atom is -0.384 e. The standard InChI is InChI=1S/C20H23N3O4/c1-3-5-11-21-15-9-7-13-16(23(26)27)10-8-14-17(13)18(15)20(25)22(19(14)24)12-6-4-2/h7-10,21H,3-6,11-12H2,1-2H3. The van der Waals surface area contributed by atoms with Crippen molar-refractivity contribution in [1.82, 2.24) is 4.90 Å². The van der Waals surface area contributed by atoms with Crippen LogP contribution in [0.3, 0.4) is 0 Å². The van der Waals surface area contributed by atoms with Crippen molar-refractivity contribution >= 4 is 34.0 Å². The number of hydrogen-bond acceptors (Lipinski definition) is 5. The van der Waals surface area contributed by atoms with E-state index >= 15 is 0 Å². The van der Waals surface area contributed by atoms with Gasteiger partial charge < -0.3 is 5.32 Å². The molecule has 1 N–H and O–H groups in total. The minimum atomic E-state index is -0.481. The Kier molecular flexibility index (Phi) is 5.39. The lowest BCUT2D eigenvalue weighted by atomic mass is 9.91. The van der Waals surface area contributed by atoms with Gasteiger partial charge >= 0.3 is 0 Å². The van der Waals surface area contributed by atoms with Gasteiger partial charge in [-0.25, -0.2) is 0 Å². The molecule has 1 heterocycles. The zero-order chi connectivity index (χ0) is 19.6. The van der Waals surface area contributed by atoms with Crippen LogP contribution in [-0.2, 0) is 0 Å². The van der Waals surface area contributed by atoms with Crippen molar-refractivity contribution in [3.05, 3.63) is 45.5 Å². The Morgan fingerprint density at radius 3 is 2.44 bits per heavy atom. The van der Waals surface area contributed by atoms with E-state index in [9.17, 15) is 19.7 Å². The van der Waals surface area contributed by atoms with Crippen LogP contribution in [0.1, 0.15) is 60.2 Å². The van der Waals surface area contributed by atoms with E-state index in [0.717, 1.165) is 19.3 Å². The zero-order valence-corrected chi connectivity index (χ0v) is 15.6. The topological polar surface area (TPSA) is 92.6 Å². The van der Waals surface area contributed by atoms with Crippen LogP contribution in [-0.4, -0.2) is 34.7 Å². The largest absolute Gasteiger partial charge is 0.384 e. The molecule has 2 amide bonds. The quantitative estimate of drug-likeness (QED) is 0.323. The third-order valence-electron chi connectivity index (χ3n) is 4.87. The number of carbonyl (C=O) groups is 2. The number of rotatable bonds is 8. The fourth-order valence-electron chi connectivity index (χ4n) is 3.43. The molecule has 7 nitrogen and oxygen atoms in total. The molecular formula is C20H23N3O4. The first kappa shape index (κ1) is 18.8. The molecule has 0 aromatic heterocycles. The second-order valence-corrected chi connectivity index (χ2v) is 6.70. The Labute approximate surface area is 157 Å². The molecule has 2 aromatic carbocycles. The molecule has 0 saturated heterocycles. The number of anilines is 1. The van der Waals surface area contributed by atoms with Gasteiger partial charge in [-0.2, -0.15) is 0 Å². The average Bonchev–Trinajstić information content (AvgIpc) is 2.65. The summed E-state index contributed by atoms with van der Waals surface area (Å²) in [5.74, 6) is -0.766. The molecule has 0 atom stereocenters. The lowest BCUT2D eigenvalue weighted by molar-refractivity contribution is -0.383. The van der Waals surface area contributed by atoms with Gasteiger partial charge in [0.2, 0.25) is 0 Å². The average molecular weight is 369 g/mol. The monoisotopic (exact) mass is 369 g/mol. The van der Waals surface area contributed by atoms with Gasteiger partial charge in [0.15, 0.2) is 0 Å². The molecule has 1 aliphatic rings. The minimum absolute atomic E-state index is 0.0993. The number of carbonyl (C=O) groups excluding carboxylic acids is 2. The molecule has 3 rings (SSSR count). The van der Waals surface area contributed by atoms with E-state index in [-0.39, 0.29) is 17.5 Å². The van der Waals surface area contributed by atoms with Crippen molar-refractivity contribution in [2.24, 2.45) is 0 Å². The lowest BCUT2D eigenvalue weighted by Gasteiger charge is -2.28. The molecule has 7 heteroatoms. The molecule has 0 aliphatic carbocycles. The Bertz CT molecular complexity index is 923. The van der Waals surface area contributed by atoms with Crippen LogP contribution in [0.4, 0.5) is 11.4 Å². The molecule has 142 valence electrons. The molecule has 0 radical (unpaired) electrons. The van der Waals surface area contributed by atoms with E-state index < -0.39 is 4.92 Å². The van der Waals surface area contributed by atoms with Crippen LogP contribution in [0.5, 0.6) is 0 Å². The number of non-ortho nitro benzene ring substituents is 1. The van der Waals surface area contributed by atoms with E-state index in [1.807, 2.05) is 6.92 Å². The number of unbranched alkanes of at least 4 members (excludes halogenated alkanes) is 2. The van der Waals surface area contributed by atoms with E-state index in [1.165, 1.54) is 17.0 Å². The van der Waals surface area contributed by atoms with Crippen LogP contribution < -0.4 is 5.32 Å². The summed E-state index contributed by atoms with van der Waals surface area (Å²) in [5.41, 5.74) is 1.23. The first-order chi connectivity index (χ1) is 13.0. The van der Waals surface area contributed by atoms with E-state index in [0.29, 0.717) is 47.1 Å². The number of imide groups is 1. The van der Waals surface area contributed by atoms with Crippen LogP contribution in [0.15, 0.2) is 24.3 Å². The summed E-state index contributed by atoms with van der Waals surface area (Å²) in [4.78, 5) is 38.2. The fraction of sp³-hybridized carbons (Fsp3) is 0.400. The Hall–Kier alpha value is -2.96. The highest BCUT2D eigenvalue weighted by Crippen LogP contribution is 2.39. The van der Waals surface area contributed by atoms with Gasteiger partial charge in [0, 0.05) is 35.8 Å². The Balaban J connectivity index is 2.22. The second-order valence-electron chi connectivity index (χ2n) is 6.70. The predicted molar refractivity (Wildman–Crippen MR) is 104 cm³/mol. The van der Waals surface area contributed by atoms with Crippen molar-refractivity contribution in [1.29, 1.82) is 0 Å². The molecule has 0 bridgehead atoms. The van der Waals surface area contributed by atoms with Crippen LogP contribution in [0, 0.1) is 10.1 Å². The van der Waals surface area contributed by atoms with Crippen molar-refractivity contribution in [3.8, 4) is 0 Å². The molecule has 0 fully saturated rings. The number of nitro groups is 1. The van der Waals surface area contributed by atoms with Gasteiger partial charge in [0.05, 0.1) is 15.9 Å². The first-order valence-corrected chi connectivity index (χ1v) is 9.35. The number of nitrogens with zero attached hydrogens (tertiary/aromatic N) is 2. The van der Waals surface area contributed by atoms with Gasteiger partial charge in [0.25, 0.3) is 17.5 Å². The summed E-state index contributed by atoms with van der Waals surface area (Å²) in [6.45, 7) is 5.10. The maximum absolute atomic E-state index is 13.1. The first-order valence-electron chi connectivity index (χ1n) is 9.35. The van der Waals surface area contributed by atoms with E-state index in [2.05, 4.69) is 12.2 Å². The predicted octanol–water partition coefficient (Wildman–Crippen LogP) is 4.36. The normalized spacial score (nSPS) is 13.3. The van der Waals surface area contributed by atoms with Crippen LogP contribution in [0.2, 0.25) is 0 Å². The third-order valence-corrected chi connectivity index (χ3v) is 4.87. The number of hydrogen-bond donors (Lipinski definition) is 1. The summed E-state index contributed by atoms with van der Waals surface area (Å²) in [6.07, 6.45) is 3.51. The highest BCUT2D eigenvalue weighted by atomic mass is 16.6. The van der Waals surface area contributed by atoms with Crippen LogP contribution >= 0.6 is 0 Å². The fourth-order valence-corrected chi connectivity index (χ4v) is 3.43. The SMILES string of the molecule is CCCCNc1ccc2c([N+](=O)[O-])ccc3c2c1C(=O)N(CCCC)C3=O. The van der Waals surface area contributed by atoms with Gasteiger partial charge in [-0.1, -0.05) is 26.7 Å². The number of nitrogens with one attached hydrogen (secondary N) is 1. The Morgan fingerprint density at radius 2 is 1.78 bits per heavy atom. The number of amides is 2. The van der Waals surface area contributed by atoms with Gasteiger partial charge in [-0.3, -0.25) is 24.6 Å². The zero-order valence-electron chi connectivity index (χ0n) is 15.6. The molecule has 1 aliphatic heterocycles. The lowest BCUT2D eigenvalue weighted by Crippen LogP contribution is -2.41. The maximum atomic E-state index is 13.1. The molecule has 2 aromatic rings. The van der Waals surface area contributed by atoms with Crippen molar-refractivity contribution < 1.29 is 14.5 Å². The molecule has 27 heavy (non-hydrogen) atoms. The number of benzene rings is 2. The molecule has 0 unspecified atom stereocenters. The summed E-state index contributed by atoms with van der Waals surface area (Å²) in [7, 11) is 0. The summed E-state index contributed by atoms with van der Waals surface area (Å²) >= 11 is 0. The maximum Gasteiger partial charge on any atom is 0.277 e. The highest BCUT2D eigenvalue weighted by molar-refractivity contribution is 6.28. The van der Waals surface area contributed by atoms with E-state index in [4.69, 9.17) is 0 Å². The highest BCUT2D eigenvalue weighted by Gasteiger charge is 2.36. The van der Waals surface area contributed by atoms with Gasteiger partial charge in [0.1, 0.15) is 0 Å². The van der Waals surface area contributed by atoms with Gasteiger partial charge in [-0.05, 0) is 31.0 Å². The smallest absolute Gasteiger partial charge is 0.277 e. The third kappa shape index (κ3) is 3.25.